The Morgan fingerprint density at radius 1 is 1.10 bits per heavy atom. The van der Waals surface area contributed by atoms with E-state index >= 15 is 0 Å². The molecule has 10 heteroatoms. The molecule has 0 unspecified atom stereocenters. The Labute approximate surface area is 234 Å². The Kier molecular flexibility index (Phi) is 10.4. The second-order valence-corrected chi connectivity index (χ2v) is 14.9. The lowest BCUT2D eigenvalue weighted by Crippen LogP contribution is -2.65. The van der Waals surface area contributed by atoms with Crippen LogP contribution in [-0.2, 0) is 14.9 Å². The van der Waals surface area contributed by atoms with Crippen molar-refractivity contribution in [3.63, 3.8) is 0 Å². The molecule has 226 valence electrons. The molecule has 0 amide bonds. The van der Waals surface area contributed by atoms with Gasteiger partial charge in [0.2, 0.25) is 0 Å². The zero-order chi connectivity index (χ0) is 29.3. The highest BCUT2D eigenvalue weighted by Gasteiger charge is 2.67. The highest BCUT2D eigenvalue weighted by molar-refractivity contribution is 7.85. The highest BCUT2D eigenvalue weighted by Crippen LogP contribution is 2.69. The lowest BCUT2D eigenvalue weighted by atomic mass is 9.41. The fourth-order valence-electron chi connectivity index (χ4n) is 9.56. The number of hydrogen-bond donors (Lipinski definition) is 6. The molecule has 39 heavy (non-hydrogen) atoms. The number of carboxylic acids is 1. The fourth-order valence-corrected chi connectivity index (χ4v) is 9.86. The van der Waals surface area contributed by atoms with Gasteiger partial charge in [-0.15, -0.1) is 6.58 Å². The van der Waals surface area contributed by atoms with Crippen LogP contribution in [0.3, 0.4) is 0 Å². The molecule has 4 fully saturated rings. The molecule has 12 atom stereocenters. The lowest BCUT2D eigenvalue weighted by Gasteiger charge is -2.65. The minimum atomic E-state index is -3.80. The number of fused-ring (bicyclic) bond motifs is 5. The lowest BCUT2D eigenvalue weighted by molar-refractivity contribution is -0.227. The number of hydrogen-bond acceptors (Lipinski definition) is 7. The molecule has 7 N–H and O–H groups in total. The van der Waals surface area contributed by atoms with Gasteiger partial charge in [0.25, 0.3) is 10.1 Å². The van der Waals surface area contributed by atoms with Crippen LogP contribution < -0.4 is 5.73 Å². The first-order chi connectivity index (χ1) is 18.1. The third-order valence-corrected chi connectivity index (χ3v) is 12.2. The number of carbonyl (C=O) groups is 1. The first-order valence-electron chi connectivity index (χ1n) is 14.6. The van der Waals surface area contributed by atoms with E-state index in [2.05, 4.69) is 27.4 Å². The van der Waals surface area contributed by atoms with Gasteiger partial charge in [0.15, 0.2) is 0 Å². The molecule has 0 aromatic rings. The molecule has 4 rings (SSSR count). The molecule has 0 radical (unpaired) electrons. The number of aliphatic hydroxyl groups is 3. The minimum absolute atomic E-state index is 0.0200. The zero-order valence-electron chi connectivity index (χ0n) is 23.8. The molecule has 0 spiro atoms. The van der Waals surface area contributed by atoms with E-state index in [1.807, 2.05) is 6.08 Å². The van der Waals surface area contributed by atoms with Gasteiger partial charge in [-0.25, -0.2) is 0 Å². The molecule has 4 aliphatic carbocycles. The van der Waals surface area contributed by atoms with Crippen LogP contribution in [0.1, 0.15) is 78.6 Å². The summed E-state index contributed by atoms with van der Waals surface area (Å²) in [4.78, 5) is 11.2. The van der Waals surface area contributed by atoms with Gasteiger partial charge < -0.3 is 26.2 Å². The molecule has 4 aliphatic rings. The number of allylic oxidation sites excluding steroid dienone is 1. The summed E-state index contributed by atoms with van der Waals surface area (Å²) in [5.41, 5.74) is 4.51. The van der Waals surface area contributed by atoms with Crippen LogP contribution in [0.15, 0.2) is 12.7 Å². The van der Waals surface area contributed by atoms with Crippen LogP contribution in [0.5, 0.6) is 0 Å². The zero-order valence-corrected chi connectivity index (χ0v) is 24.6. The van der Waals surface area contributed by atoms with Gasteiger partial charge in [-0.1, -0.05) is 26.8 Å². The monoisotopic (exact) mass is 573 g/mol. The molecular weight excluding hydrogens is 522 g/mol. The van der Waals surface area contributed by atoms with E-state index in [-0.39, 0.29) is 77.1 Å². The fraction of sp³-hybridized carbons (Fsp3) is 0.897. The number of rotatable bonds is 8. The smallest absolute Gasteiger partial charge is 0.303 e. The average molecular weight is 574 g/mol. The third-order valence-electron chi connectivity index (χ3n) is 11.4. The maximum absolute atomic E-state index is 11.8. The number of aliphatic hydroxyl groups excluding tert-OH is 3. The summed E-state index contributed by atoms with van der Waals surface area (Å²) >= 11 is 0. The maximum Gasteiger partial charge on any atom is 0.303 e. The first kappa shape index (κ1) is 32.5. The molecule has 4 saturated carbocycles. The van der Waals surface area contributed by atoms with Crippen molar-refractivity contribution in [3.05, 3.63) is 12.7 Å². The highest BCUT2D eigenvalue weighted by atomic mass is 32.2. The van der Waals surface area contributed by atoms with Gasteiger partial charge in [0.05, 0.1) is 24.1 Å². The van der Waals surface area contributed by atoms with E-state index in [1.165, 1.54) is 0 Å². The summed E-state index contributed by atoms with van der Waals surface area (Å²) in [5.74, 6) is 0.443. The van der Waals surface area contributed by atoms with Crippen LogP contribution in [-0.4, -0.2) is 70.0 Å². The summed E-state index contributed by atoms with van der Waals surface area (Å²) in [6, 6.07) is 0. The quantitative estimate of drug-likeness (QED) is 0.188. The van der Waals surface area contributed by atoms with Crippen LogP contribution in [0.4, 0.5) is 0 Å². The molecule has 9 nitrogen and oxygen atoms in total. The summed E-state index contributed by atoms with van der Waals surface area (Å²) in [5, 5.41) is 43.1. The Bertz CT molecular complexity index is 974. The van der Waals surface area contributed by atoms with Crippen molar-refractivity contribution in [2.75, 3.05) is 12.3 Å². The summed E-state index contributed by atoms with van der Waals surface area (Å²) < 4.78 is 27.3. The molecule has 0 aromatic heterocycles. The van der Waals surface area contributed by atoms with Crippen LogP contribution in [0.2, 0.25) is 0 Å². The SMILES string of the molecule is C=CC[C@H]1[C@@H](O)[C@@H]2[C@H](C[C@H](O)[C@@]3(C)[C@H]2CC[C@H]3[C@H](C)CCC(=O)O)[C@@]2(C)CC[C@@H](O)C[C@@H]12.NCCS(=O)(=O)O. The van der Waals surface area contributed by atoms with Crippen molar-refractivity contribution in [3.8, 4) is 0 Å². The van der Waals surface area contributed by atoms with Gasteiger partial charge in [-0.3, -0.25) is 9.35 Å². The Morgan fingerprint density at radius 3 is 2.31 bits per heavy atom. The van der Waals surface area contributed by atoms with Gasteiger partial charge in [0, 0.05) is 13.0 Å². The number of nitrogens with two attached hydrogens (primary N) is 1. The molecule has 0 saturated heterocycles. The van der Waals surface area contributed by atoms with E-state index < -0.39 is 28.3 Å². The molecule has 0 bridgehead atoms. The second-order valence-electron chi connectivity index (χ2n) is 13.3. The predicted octanol–water partition coefficient (Wildman–Crippen LogP) is 3.08. The standard InChI is InChI=1S/C27H44O5.C2H7NO3S/c1-5-6-17-20-13-16(28)11-12-26(20,3)21-14-22(29)27(4)18(15(2)7-10-23(30)31)8-9-19(27)24(21)25(17)32;3-1-2-7(4,5)6/h5,15-22,24-25,28-29,32H,1,6-14H2,2-4H3,(H,30,31);1-3H2,(H,4,5,6)/t15-,16-,17-,18+,19+,20+,21+,22+,24+,25-,26+,27-;/m1./s1. The molecule has 0 heterocycles. The Balaban J connectivity index is 0.000000532. The van der Waals surface area contributed by atoms with Crippen LogP contribution in [0.25, 0.3) is 0 Å². The van der Waals surface area contributed by atoms with Crippen molar-refractivity contribution in [2.24, 2.45) is 58.0 Å². The third kappa shape index (κ3) is 6.41. The maximum atomic E-state index is 11.8. The Morgan fingerprint density at radius 2 is 1.77 bits per heavy atom. The van der Waals surface area contributed by atoms with Crippen molar-refractivity contribution >= 4 is 16.1 Å². The van der Waals surface area contributed by atoms with E-state index in [0.717, 1.165) is 38.5 Å². The van der Waals surface area contributed by atoms with E-state index in [0.29, 0.717) is 12.8 Å². The van der Waals surface area contributed by atoms with E-state index in [1.54, 1.807) is 0 Å². The predicted molar refractivity (Wildman–Crippen MR) is 149 cm³/mol. The van der Waals surface area contributed by atoms with E-state index in [4.69, 9.17) is 10.3 Å². The Hall–Kier alpha value is -1.04. The van der Waals surface area contributed by atoms with Gasteiger partial charge in [-0.05, 0) is 104 Å². The van der Waals surface area contributed by atoms with Crippen molar-refractivity contribution in [1.29, 1.82) is 0 Å². The average Bonchev–Trinajstić information content (AvgIpc) is 3.20. The normalized spacial score (nSPS) is 44.2. The number of aliphatic carboxylic acids is 1. The first-order valence-corrected chi connectivity index (χ1v) is 16.2. The van der Waals surface area contributed by atoms with E-state index in [9.17, 15) is 33.6 Å². The summed E-state index contributed by atoms with van der Waals surface area (Å²) in [6.45, 7) is 10.7. The van der Waals surface area contributed by atoms with Crippen molar-refractivity contribution in [1.82, 2.24) is 0 Å². The van der Waals surface area contributed by atoms with Gasteiger partial charge >= 0.3 is 5.97 Å². The van der Waals surface area contributed by atoms with Crippen LogP contribution in [0, 0.1) is 52.3 Å². The summed E-state index contributed by atoms with van der Waals surface area (Å²) in [7, 11) is -3.80. The summed E-state index contributed by atoms with van der Waals surface area (Å²) in [6.07, 6.45) is 7.55. The van der Waals surface area contributed by atoms with Gasteiger partial charge in [0.1, 0.15) is 0 Å². The largest absolute Gasteiger partial charge is 0.481 e. The second kappa shape index (κ2) is 12.4. The van der Waals surface area contributed by atoms with Gasteiger partial charge in [-0.2, -0.15) is 8.42 Å². The topological polar surface area (TPSA) is 178 Å². The van der Waals surface area contributed by atoms with Crippen molar-refractivity contribution in [2.45, 2.75) is 96.9 Å². The van der Waals surface area contributed by atoms with Crippen LogP contribution >= 0.6 is 0 Å². The minimum Gasteiger partial charge on any atom is -0.481 e. The molecular formula is C29H51NO8S. The molecule has 0 aromatic carbocycles. The van der Waals surface area contributed by atoms with Crippen molar-refractivity contribution < 1.29 is 38.2 Å². The number of carboxylic acid groups (broad SMARTS) is 1. The molecule has 0 aliphatic heterocycles.